The molecule has 1 saturated carbocycles. The fourth-order valence-electron chi connectivity index (χ4n) is 5.06. The van der Waals surface area contributed by atoms with Crippen LogP contribution in [0.1, 0.15) is 76.5 Å². The van der Waals surface area contributed by atoms with Crippen LogP contribution in [0, 0.1) is 5.92 Å². The molecule has 2 aromatic rings. The third-order valence-electron chi connectivity index (χ3n) is 7.08. The van der Waals surface area contributed by atoms with Crippen molar-refractivity contribution < 1.29 is 19.4 Å². The minimum absolute atomic E-state index is 0.0584. The molecule has 7 heteroatoms. The van der Waals surface area contributed by atoms with Crippen molar-refractivity contribution >= 4 is 11.8 Å². The lowest BCUT2D eigenvalue weighted by atomic mass is 10.0. The first-order chi connectivity index (χ1) is 17.8. The zero-order valence-electron chi connectivity index (χ0n) is 22.4. The van der Waals surface area contributed by atoms with Gasteiger partial charge in [0.2, 0.25) is 0 Å². The molecule has 0 spiro atoms. The summed E-state index contributed by atoms with van der Waals surface area (Å²) >= 11 is 0. The number of amides is 1. The molecule has 37 heavy (non-hydrogen) atoms. The second kappa shape index (κ2) is 12.5. The molecule has 1 N–H and O–H groups in total. The van der Waals surface area contributed by atoms with E-state index in [0.29, 0.717) is 18.5 Å². The molecule has 1 aromatic heterocycles. The Labute approximate surface area is 221 Å². The second-order valence-electron chi connectivity index (χ2n) is 11.2. The van der Waals surface area contributed by atoms with E-state index in [1.165, 1.54) is 32.1 Å². The summed E-state index contributed by atoms with van der Waals surface area (Å²) in [5.41, 5.74) is 2.27. The van der Waals surface area contributed by atoms with E-state index in [4.69, 9.17) is 9.47 Å². The monoisotopic (exact) mass is 507 g/mol. The maximum absolute atomic E-state index is 12.9. The number of benzene rings is 1. The average molecular weight is 508 g/mol. The van der Waals surface area contributed by atoms with E-state index in [2.05, 4.69) is 34.1 Å². The summed E-state index contributed by atoms with van der Waals surface area (Å²) in [7, 11) is 0. The van der Waals surface area contributed by atoms with Crippen molar-refractivity contribution in [1.82, 2.24) is 9.88 Å². The number of aliphatic hydroxyl groups excluding tert-OH is 1. The fourth-order valence-corrected chi connectivity index (χ4v) is 5.06. The summed E-state index contributed by atoms with van der Waals surface area (Å²) in [6.45, 7) is 6.10. The Kier molecular flexibility index (Phi) is 9.09. The van der Waals surface area contributed by atoms with Crippen LogP contribution in [0.3, 0.4) is 0 Å². The van der Waals surface area contributed by atoms with Crippen molar-refractivity contribution in [2.24, 2.45) is 5.92 Å². The number of carbonyl (C=O) groups is 1. The summed E-state index contributed by atoms with van der Waals surface area (Å²) < 4.78 is 11.5. The highest BCUT2D eigenvalue weighted by Crippen LogP contribution is 2.32. The first-order valence-corrected chi connectivity index (χ1v) is 13.5. The maximum Gasteiger partial charge on any atom is 0.410 e. The molecule has 4 rings (SSSR count). The molecule has 1 aliphatic carbocycles. The van der Waals surface area contributed by atoms with Gasteiger partial charge in [0.15, 0.2) is 6.23 Å². The maximum atomic E-state index is 12.9. The highest BCUT2D eigenvalue weighted by Gasteiger charge is 2.26. The van der Waals surface area contributed by atoms with Gasteiger partial charge in [-0.05, 0) is 63.3 Å². The lowest BCUT2D eigenvalue weighted by Crippen LogP contribution is -2.40. The van der Waals surface area contributed by atoms with E-state index in [1.807, 2.05) is 27.0 Å². The molecule has 0 saturated heterocycles. The van der Waals surface area contributed by atoms with Gasteiger partial charge < -0.3 is 24.4 Å². The van der Waals surface area contributed by atoms with Crippen LogP contribution in [0.5, 0.6) is 0 Å². The first kappa shape index (κ1) is 27.0. The Hall–Kier alpha value is -3.06. The Morgan fingerprint density at radius 1 is 1.19 bits per heavy atom. The number of pyridine rings is 1. The topological polar surface area (TPSA) is 75.1 Å². The van der Waals surface area contributed by atoms with Gasteiger partial charge in [-0.15, -0.1) is 0 Å². The minimum Gasteiger partial charge on any atom is -0.476 e. The molecule has 2 unspecified atom stereocenters. The van der Waals surface area contributed by atoms with Gasteiger partial charge in [0.05, 0.1) is 12.6 Å². The third kappa shape index (κ3) is 7.96. The number of nitrogens with zero attached hydrogens (tertiary/aromatic N) is 3. The lowest BCUT2D eigenvalue weighted by molar-refractivity contribution is 0.0146. The fraction of sp³-hybridized carbons (Fsp3) is 0.533. The minimum atomic E-state index is -0.841. The van der Waals surface area contributed by atoms with Gasteiger partial charge in [-0.25, -0.2) is 4.79 Å². The van der Waals surface area contributed by atoms with E-state index in [-0.39, 0.29) is 12.8 Å². The van der Waals surface area contributed by atoms with Gasteiger partial charge >= 0.3 is 6.09 Å². The summed E-state index contributed by atoms with van der Waals surface area (Å²) in [5.74, 6) is 0.845. The van der Waals surface area contributed by atoms with Gasteiger partial charge in [0.25, 0.3) is 0 Å². The van der Waals surface area contributed by atoms with Gasteiger partial charge in [-0.1, -0.05) is 43.9 Å². The zero-order valence-corrected chi connectivity index (χ0v) is 22.4. The smallest absolute Gasteiger partial charge is 0.410 e. The molecule has 2 atom stereocenters. The Morgan fingerprint density at radius 3 is 2.62 bits per heavy atom. The quantitative estimate of drug-likeness (QED) is 0.413. The van der Waals surface area contributed by atoms with E-state index in [1.54, 1.807) is 35.7 Å². The van der Waals surface area contributed by atoms with Crippen LogP contribution in [0.2, 0.25) is 0 Å². The number of rotatable bonds is 10. The van der Waals surface area contributed by atoms with Crippen molar-refractivity contribution in [1.29, 1.82) is 0 Å². The number of carbonyl (C=O) groups excluding carboxylic acids is 1. The summed E-state index contributed by atoms with van der Waals surface area (Å²) in [6.07, 6.45) is 14.2. The van der Waals surface area contributed by atoms with Crippen LogP contribution in [-0.2, 0) is 15.9 Å². The number of aliphatic hydroxyl groups is 1. The Bertz CT molecular complexity index is 1010. The highest BCUT2D eigenvalue weighted by molar-refractivity contribution is 5.68. The van der Waals surface area contributed by atoms with Gasteiger partial charge in [-0.2, -0.15) is 0 Å². The van der Waals surface area contributed by atoms with Gasteiger partial charge in [-0.3, -0.25) is 4.98 Å². The number of hydrogen-bond donors (Lipinski definition) is 1. The zero-order chi connectivity index (χ0) is 26.3. The van der Waals surface area contributed by atoms with Crippen LogP contribution in [0.4, 0.5) is 10.5 Å². The highest BCUT2D eigenvalue weighted by atomic mass is 16.6. The van der Waals surface area contributed by atoms with Crippen molar-refractivity contribution in [3.8, 4) is 0 Å². The predicted octanol–water partition coefficient (Wildman–Crippen LogP) is 6.20. The molecule has 0 bridgehead atoms. The molecule has 1 aliphatic heterocycles. The molecule has 0 radical (unpaired) electrons. The van der Waals surface area contributed by atoms with Crippen molar-refractivity contribution in [2.75, 3.05) is 18.0 Å². The average Bonchev–Trinajstić information content (AvgIpc) is 3.57. The molecule has 2 aliphatic rings. The number of anilines is 1. The first-order valence-electron chi connectivity index (χ1n) is 13.5. The van der Waals surface area contributed by atoms with Crippen LogP contribution in [-0.4, -0.2) is 46.0 Å². The molecule has 1 amide bonds. The molecule has 1 fully saturated rings. The molecule has 200 valence electrons. The summed E-state index contributed by atoms with van der Waals surface area (Å²) in [4.78, 5) is 20.8. The van der Waals surface area contributed by atoms with Crippen molar-refractivity contribution in [3.63, 3.8) is 0 Å². The third-order valence-corrected chi connectivity index (χ3v) is 7.08. The van der Waals surface area contributed by atoms with Crippen LogP contribution in [0.15, 0.2) is 61.3 Å². The predicted molar refractivity (Wildman–Crippen MR) is 145 cm³/mol. The lowest BCUT2D eigenvalue weighted by Gasteiger charge is -2.29. The molecular weight excluding hydrogens is 466 g/mol. The summed E-state index contributed by atoms with van der Waals surface area (Å²) in [6, 6.07) is 12.0. The van der Waals surface area contributed by atoms with E-state index in [9.17, 15) is 9.90 Å². The standard InChI is InChI=1S/C30H41N3O4/c1-30(2,3)37-29(35)32(22-27(34)25-9-6-17-31-21-25)18-16-24-10-13-26(14-11-24)33-19-20-36-28(33)15-12-23-7-4-5-8-23/h6,9-11,13-14,17,19-21,23,27-28,34H,4-5,7-8,12,15-16,18,22H2,1-3H3. The number of aromatic nitrogens is 1. The van der Waals surface area contributed by atoms with Crippen LogP contribution < -0.4 is 4.90 Å². The second-order valence-corrected chi connectivity index (χ2v) is 11.2. The normalized spacial score (nSPS) is 18.6. The van der Waals surface area contributed by atoms with Gasteiger partial charge in [0.1, 0.15) is 11.9 Å². The number of hydrogen-bond acceptors (Lipinski definition) is 6. The molecular formula is C30H41N3O4. The SMILES string of the molecule is CC(C)(C)OC(=O)N(CCc1ccc(N2C=COC2CCC2CCCC2)cc1)CC(O)c1cccnc1. The van der Waals surface area contributed by atoms with E-state index < -0.39 is 17.8 Å². The number of ether oxygens (including phenoxy) is 2. The van der Waals surface area contributed by atoms with Crippen LogP contribution in [0.25, 0.3) is 0 Å². The molecule has 1 aromatic carbocycles. The molecule has 2 heterocycles. The van der Waals surface area contributed by atoms with E-state index in [0.717, 1.165) is 23.6 Å². The van der Waals surface area contributed by atoms with Crippen molar-refractivity contribution in [3.05, 3.63) is 72.4 Å². The van der Waals surface area contributed by atoms with Crippen molar-refractivity contribution in [2.45, 2.75) is 83.6 Å². The Morgan fingerprint density at radius 2 is 1.95 bits per heavy atom. The summed E-state index contributed by atoms with van der Waals surface area (Å²) in [5, 5.41) is 10.7. The Balaban J connectivity index is 1.35. The van der Waals surface area contributed by atoms with E-state index >= 15 is 0 Å². The van der Waals surface area contributed by atoms with Gasteiger partial charge in [0, 0.05) is 42.8 Å². The van der Waals surface area contributed by atoms with Crippen LogP contribution >= 0.6 is 0 Å². The molecule has 7 nitrogen and oxygen atoms in total. The largest absolute Gasteiger partial charge is 0.476 e.